The monoisotopic (exact) mass is 289 g/mol. The molecule has 21 heavy (non-hydrogen) atoms. The van der Waals surface area contributed by atoms with Crippen molar-refractivity contribution in [2.24, 2.45) is 5.41 Å². The molecule has 0 aliphatic heterocycles. The molecule has 1 aromatic carbocycles. The molecule has 1 unspecified atom stereocenters. The first-order valence-corrected chi connectivity index (χ1v) is 8.57. The van der Waals surface area contributed by atoms with Crippen molar-refractivity contribution in [2.45, 2.75) is 65.8 Å². The third kappa shape index (κ3) is 3.79. The fraction of sp³-hybridized carbons (Fsp3) is 0.684. The van der Waals surface area contributed by atoms with E-state index >= 15 is 0 Å². The molecule has 118 valence electrons. The Morgan fingerprint density at radius 2 is 1.90 bits per heavy atom. The average Bonchev–Trinajstić information content (AvgIpc) is 2.47. The van der Waals surface area contributed by atoms with E-state index in [-0.39, 0.29) is 0 Å². The minimum atomic E-state index is 0.341. The van der Waals surface area contributed by atoms with Crippen LogP contribution in [-0.2, 0) is 0 Å². The van der Waals surface area contributed by atoms with Crippen LogP contribution in [-0.4, -0.2) is 13.2 Å². The number of hydrogen-bond acceptors (Lipinski definition) is 2. The van der Waals surface area contributed by atoms with Gasteiger partial charge in [-0.2, -0.15) is 0 Å². The summed E-state index contributed by atoms with van der Waals surface area (Å²) in [5, 5.41) is 3.76. The molecule has 2 nitrogen and oxygen atoms in total. The molecular weight excluding hydrogens is 258 g/mol. The van der Waals surface area contributed by atoms with Gasteiger partial charge < -0.3 is 10.1 Å². The highest BCUT2D eigenvalue weighted by atomic mass is 16.5. The van der Waals surface area contributed by atoms with E-state index in [1.807, 2.05) is 0 Å². The van der Waals surface area contributed by atoms with Crippen molar-refractivity contribution in [2.75, 3.05) is 13.2 Å². The van der Waals surface area contributed by atoms with E-state index in [1.165, 1.54) is 43.2 Å². The van der Waals surface area contributed by atoms with Gasteiger partial charge in [0.1, 0.15) is 5.75 Å². The Morgan fingerprint density at radius 3 is 2.52 bits per heavy atom. The van der Waals surface area contributed by atoms with E-state index < -0.39 is 0 Å². The first-order valence-electron chi connectivity index (χ1n) is 8.57. The van der Waals surface area contributed by atoms with Gasteiger partial charge >= 0.3 is 0 Å². The van der Waals surface area contributed by atoms with E-state index in [0.29, 0.717) is 11.5 Å². The summed E-state index contributed by atoms with van der Waals surface area (Å²) in [6.07, 6.45) is 6.72. The molecule has 1 aliphatic rings. The van der Waals surface area contributed by atoms with Gasteiger partial charge in [0.2, 0.25) is 0 Å². The number of nitrogens with one attached hydrogen (secondary N) is 1. The lowest BCUT2D eigenvalue weighted by Crippen LogP contribution is -2.38. The average molecular weight is 289 g/mol. The zero-order valence-corrected chi connectivity index (χ0v) is 14.2. The lowest BCUT2D eigenvalue weighted by molar-refractivity contribution is 0.143. The molecule has 1 aromatic rings. The van der Waals surface area contributed by atoms with Crippen LogP contribution in [0.15, 0.2) is 18.2 Å². The molecule has 1 atom stereocenters. The second kappa shape index (κ2) is 7.31. The van der Waals surface area contributed by atoms with E-state index in [9.17, 15) is 0 Å². The number of rotatable bonds is 6. The Hall–Kier alpha value is -1.02. The van der Waals surface area contributed by atoms with E-state index in [0.717, 1.165) is 18.9 Å². The summed E-state index contributed by atoms with van der Waals surface area (Å²) in [7, 11) is 0. The standard InChI is InChI=1S/C19H31NO/c1-5-20-18(19(4)12-8-7-9-13-19)16-14-15(3)10-11-17(16)21-6-2/h10-11,14,18,20H,5-9,12-13H2,1-4H3. The fourth-order valence-corrected chi connectivity index (χ4v) is 3.76. The van der Waals surface area contributed by atoms with Crippen LogP contribution in [0.4, 0.5) is 0 Å². The molecule has 1 saturated carbocycles. The molecule has 1 aliphatic carbocycles. The summed E-state index contributed by atoms with van der Waals surface area (Å²) < 4.78 is 5.92. The Bertz CT molecular complexity index is 449. The first kappa shape index (κ1) is 16.4. The maximum atomic E-state index is 5.92. The molecule has 0 heterocycles. The molecule has 0 bridgehead atoms. The molecule has 0 amide bonds. The Labute approximate surface area is 130 Å². The van der Waals surface area contributed by atoms with Gasteiger partial charge in [0.25, 0.3) is 0 Å². The SMILES string of the molecule is CCNC(c1cc(C)ccc1OCC)C1(C)CCCCC1. The molecule has 0 radical (unpaired) electrons. The molecule has 1 N–H and O–H groups in total. The van der Waals surface area contributed by atoms with Crippen LogP contribution in [0, 0.1) is 12.3 Å². The summed E-state index contributed by atoms with van der Waals surface area (Å²) in [6, 6.07) is 7.01. The summed E-state index contributed by atoms with van der Waals surface area (Å²) in [6.45, 7) is 10.6. The first-order chi connectivity index (χ1) is 10.1. The maximum Gasteiger partial charge on any atom is 0.124 e. The Balaban J connectivity index is 2.39. The van der Waals surface area contributed by atoms with Crippen molar-refractivity contribution < 1.29 is 4.74 Å². The number of ether oxygens (including phenoxy) is 1. The Morgan fingerprint density at radius 1 is 1.19 bits per heavy atom. The van der Waals surface area contributed by atoms with E-state index in [2.05, 4.69) is 51.2 Å². The van der Waals surface area contributed by atoms with Crippen LogP contribution >= 0.6 is 0 Å². The molecule has 0 aromatic heterocycles. The van der Waals surface area contributed by atoms with E-state index in [1.54, 1.807) is 0 Å². The molecule has 1 fully saturated rings. The van der Waals surface area contributed by atoms with Crippen molar-refractivity contribution in [3.8, 4) is 5.75 Å². The lowest BCUT2D eigenvalue weighted by Gasteiger charge is -2.42. The minimum absolute atomic E-state index is 0.341. The molecule has 2 heteroatoms. The van der Waals surface area contributed by atoms with Gasteiger partial charge in [0.05, 0.1) is 6.61 Å². The second-order valence-electron chi connectivity index (χ2n) is 6.68. The summed E-state index contributed by atoms with van der Waals surface area (Å²) in [5.74, 6) is 1.06. The van der Waals surface area contributed by atoms with Crippen LogP contribution in [0.2, 0.25) is 0 Å². The highest BCUT2D eigenvalue weighted by molar-refractivity contribution is 5.40. The van der Waals surface area contributed by atoms with E-state index in [4.69, 9.17) is 4.74 Å². The van der Waals surface area contributed by atoms with Crippen LogP contribution < -0.4 is 10.1 Å². The molecular formula is C19H31NO. The second-order valence-corrected chi connectivity index (χ2v) is 6.68. The molecule has 2 rings (SSSR count). The third-order valence-corrected chi connectivity index (χ3v) is 4.88. The Kier molecular flexibility index (Phi) is 5.69. The van der Waals surface area contributed by atoms with Crippen LogP contribution in [0.1, 0.15) is 70.0 Å². The van der Waals surface area contributed by atoms with Crippen LogP contribution in [0.25, 0.3) is 0 Å². The van der Waals surface area contributed by atoms with Crippen LogP contribution in [0.3, 0.4) is 0 Å². The van der Waals surface area contributed by atoms with Crippen molar-refractivity contribution in [1.29, 1.82) is 0 Å². The highest BCUT2D eigenvalue weighted by Gasteiger charge is 2.37. The van der Waals surface area contributed by atoms with Gasteiger partial charge in [-0.25, -0.2) is 0 Å². The highest BCUT2D eigenvalue weighted by Crippen LogP contribution is 2.47. The topological polar surface area (TPSA) is 21.3 Å². The van der Waals surface area contributed by atoms with Gasteiger partial charge in [-0.05, 0) is 44.7 Å². The number of hydrogen-bond donors (Lipinski definition) is 1. The molecule has 0 saturated heterocycles. The van der Waals surface area contributed by atoms with Crippen molar-refractivity contribution in [3.05, 3.63) is 29.3 Å². The fourth-order valence-electron chi connectivity index (χ4n) is 3.76. The van der Waals surface area contributed by atoms with Gasteiger partial charge in [0.15, 0.2) is 0 Å². The summed E-state index contributed by atoms with van der Waals surface area (Å²) in [4.78, 5) is 0. The van der Waals surface area contributed by atoms with Crippen LogP contribution in [0.5, 0.6) is 5.75 Å². The van der Waals surface area contributed by atoms with Gasteiger partial charge in [-0.15, -0.1) is 0 Å². The smallest absolute Gasteiger partial charge is 0.124 e. The predicted molar refractivity (Wildman–Crippen MR) is 90.0 cm³/mol. The van der Waals surface area contributed by atoms with Crippen molar-refractivity contribution in [3.63, 3.8) is 0 Å². The minimum Gasteiger partial charge on any atom is -0.494 e. The van der Waals surface area contributed by atoms with Gasteiger partial charge in [-0.3, -0.25) is 0 Å². The largest absolute Gasteiger partial charge is 0.494 e. The zero-order chi connectivity index (χ0) is 15.3. The zero-order valence-electron chi connectivity index (χ0n) is 14.2. The van der Waals surface area contributed by atoms with Crippen molar-refractivity contribution >= 4 is 0 Å². The summed E-state index contributed by atoms with van der Waals surface area (Å²) in [5.41, 5.74) is 3.01. The third-order valence-electron chi connectivity index (χ3n) is 4.88. The molecule has 0 spiro atoms. The maximum absolute atomic E-state index is 5.92. The summed E-state index contributed by atoms with van der Waals surface area (Å²) >= 11 is 0. The van der Waals surface area contributed by atoms with Gasteiger partial charge in [0, 0.05) is 11.6 Å². The normalized spacial score (nSPS) is 19.2. The lowest BCUT2D eigenvalue weighted by atomic mass is 9.68. The van der Waals surface area contributed by atoms with Gasteiger partial charge in [-0.1, -0.05) is 50.8 Å². The number of aryl methyl sites for hydroxylation is 1. The van der Waals surface area contributed by atoms with Crippen molar-refractivity contribution in [1.82, 2.24) is 5.32 Å². The quantitative estimate of drug-likeness (QED) is 0.794. The number of benzene rings is 1. The predicted octanol–water partition coefficient (Wildman–Crippen LogP) is 5.01.